The van der Waals surface area contributed by atoms with Crippen LogP contribution in [0, 0.1) is 11.8 Å². The van der Waals surface area contributed by atoms with Crippen LogP contribution in [0.25, 0.3) is 0 Å². The third-order valence-electron chi connectivity index (χ3n) is 5.26. The maximum atomic E-state index is 13.0. The molecule has 0 aromatic heterocycles. The summed E-state index contributed by atoms with van der Waals surface area (Å²) in [6.45, 7) is 2.21. The zero-order valence-corrected chi connectivity index (χ0v) is 14.7. The molecule has 0 bridgehead atoms. The number of nitrogens with two attached hydrogens (primary N) is 1. The smallest absolute Gasteiger partial charge is 0.356 e. The average Bonchev–Trinajstić information content (AvgIpc) is 2.57. The van der Waals surface area contributed by atoms with Crippen LogP contribution in [0.5, 0.6) is 0 Å². The molecule has 1 aliphatic heterocycles. The van der Waals surface area contributed by atoms with E-state index in [1.807, 2.05) is 0 Å². The number of halogens is 3. The van der Waals surface area contributed by atoms with Crippen molar-refractivity contribution in [3.8, 4) is 0 Å². The van der Waals surface area contributed by atoms with Crippen molar-refractivity contribution in [2.75, 3.05) is 0 Å². The van der Waals surface area contributed by atoms with E-state index in [1.165, 1.54) is 6.07 Å². The van der Waals surface area contributed by atoms with E-state index < -0.39 is 18.0 Å². The minimum absolute atomic E-state index is 0.150. The molecule has 1 aliphatic carbocycles. The number of rotatable bonds is 3. The second-order valence-corrected chi connectivity index (χ2v) is 7.32. The third-order valence-corrected chi connectivity index (χ3v) is 5.26. The second-order valence-electron chi connectivity index (χ2n) is 7.32. The molecule has 2 aliphatic rings. The number of amides is 1. The summed E-state index contributed by atoms with van der Waals surface area (Å²) >= 11 is 0. The molecule has 1 aromatic rings. The molecule has 4 nitrogen and oxygen atoms in total. The zero-order chi connectivity index (χ0) is 18.9. The molecule has 0 saturated heterocycles. The standard InChI is InChI=1S/C19H24F3N3O/c1-11-5-7-13(8-6-11)16-15(17(26)25-18(23)24-16)10-12-3-2-4-14(9-12)19(20,21)22/h2-4,9,11,13,18,24H,5-8,10,23H2,1H3,(H,25,26). The molecular formula is C19H24F3N3O. The molecule has 0 spiro atoms. The quantitative estimate of drug-likeness (QED) is 0.768. The Hall–Kier alpha value is -2.02. The van der Waals surface area contributed by atoms with Crippen LogP contribution in [-0.4, -0.2) is 12.2 Å². The molecule has 1 aromatic carbocycles. The lowest BCUT2D eigenvalue weighted by Crippen LogP contribution is -2.57. The lowest BCUT2D eigenvalue weighted by atomic mass is 9.79. The SMILES string of the molecule is CC1CCC(C2=C(Cc3cccc(C(F)(F)F)c3)C(=O)NC(N)N2)CC1. The van der Waals surface area contributed by atoms with Crippen molar-refractivity contribution in [1.29, 1.82) is 0 Å². The largest absolute Gasteiger partial charge is 0.416 e. The highest BCUT2D eigenvalue weighted by molar-refractivity contribution is 5.95. The number of carbonyl (C=O) groups is 1. The Morgan fingerprint density at radius 1 is 1.15 bits per heavy atom. The molecule has 1 saturated carbocycles. The molecule has 4 N–H and O–H groups in total. The van der Waals surface area contributed by atoms with Crippen molar-refractivity contribution in [3.05, 3.63) is 46.7 Å². The Balaban J connectivity index is 1.90. The molecule has 1 amide bonds. The van der Waals surface area contributed by atoms with Gasteiger partial charge in [0.05, 0.1) is 5.56 Å². The van der Waals surface area contributed by atoms with Crippen molar-refractivity contribution >= 4 is 5.91 Å². The molecule has 1 atom stereocenters. The minimum Gasteiger partial charge on any atom is -0.356 e. The second kappa shape index (κ2) is 7.31. The number of alkyl halides is 3. The van der Waals surface area contributed by atoms with Crippen LogP contribution in [-0.2, 0) is 17.4 Å². The predicted molar refractivity (Wildman–Crippen MR) is 92.5 cm³/mol. The zero-order valence-electron chi connectivity index (χ0n) is 14.7. The highest BCUT2D eigenvalue weighted by atomic mass is 19.4. The van der Waals surface area contributed by atoms with Crippen LogP contribution in [0.4, 0.5) is 13.2 Å². The maximum Gasteiger partial charge on any atom is 0.416 e. The molecule has 3 rings (SSSR count). The number of hydrogen-bond acceptors (Lipinski definition) is 3. The molecule has 142 valence electrons. The monoisotopic (exact) mass is 367 g/mol. The lowest BCUT2D eigenvalue weighted by molar-refractivity contribution is -0.137. The first-order chi connectivity index (χ1) is 12.2. The first kappa shape index (κ1) is 18.8. The molecule has 26 heavy (non-hydrogen) atoms. The van der Waals surface area contributed by atoms with E-state index >= 15 is 0 Å². The van der Waals surface area contributed by atoms with Crippen molar-refractivity contribution in [1.82, 2.24) is 10.6 Å². The van der Waals surface area contributed by atoms with Crippen molar-refractivity contribution in [2.45, 2.75) is 51.5 Å². The summed E-state index contributed by atoms with van der Waals surface area (Å²) in [6, 6.07) is 5.14. The number of hydrogen-bond donors (Lipinski definition) is 3. The maximum absolute atomic E-state index is 13.0. The van der Waals surface area contributed by atoms with Gasteiger partial charge in [0.2, 0.25) is 0 Å². The van der Waals surface area contributed by atoms with Crippen LogP contribution in [0.2, 0.25) is 0 Å². The summed E-state index contributed by atoms with van der Waals surface area (Å²) in [4.78, 5) is 12.5. The number of carbonyl (C=O) groups excluding carboxylic acids is 1. The summed E-state index contributed by atoms with van der Waals surface area (Å²) in [6.07, 6.45) is -0.862. The van der Waals surface area contributed by atoms with Crippen LogP contribution in [0.1, 0.15) is 43.7 Å². The fraction of sp³-hybridized carbons (Fsp3) is 0.526. The van der Waals surface area contributed by atoms with E-state index in [1.54, 1.807) is 6.07 Å². The van der Waals surface area contributed by atoms with Gasteiger partial charge >= 0.3 is 6.18 Å². The van der Waals surface area contributed by atoms with Gasteiger partial charge in [-0.2, -0.15) is 13.2 Å². The van der Waals surface area contributed by atoms with E-state index in [4.69, 9.17) is 5.73 Å². The van der Waals surface area contributed by atoms with Gasteiger partial charge in [0, 0.05) is 17.7 Å². The Kier molecular flexibility index (Phi) is 5.27. The Morgan fingerprint density at radius 3 is 2.50 bits per heavy atom. The van der Waals surface area contributed by atoms with Crippen LogP contribution >= 0.6 is 0 Å². The van der Waals surface area contributed by atoms with Crippen molar-refractivity contribution in [2.24, 2.45) is 17.6 Å². The molecule has 7 heteroatoms. The van der Waals surface area contributed by atoms with Gasteiger partial charge in [-0.05, 0) is 36.3 Å². The summed E-state index contributed by atoms with van der Waals surface area (Å²) < 4.78 is 38.9. The molecule has 1 heterocycles. The molecule has 1 unspecified atom stereocenters. The highest BCUT2D eigenvalue weighted by Gasteiger charge is 2.33. The van der Waals surface area contributed by atoms with Crippen LogP contribution in [0.15, 0.2) is 35.5 Å². The van der Waals surface area contributed by atoms with Gasteiger partial charge in [0.15, 0.2) is 6.29 Å². The minimum atomic E-state index is -4.40. The normalized spacial score (nSPS) is 27.1. The van der Waals surface area contributed by atoms with Crippen molar-refractivity contribution in [3.63, 3.8) is 0 Å². The highest BCUT2D eigenvalue weighted by Crippen LogP contribution is 2.35. The topological polar surface area (TPSA) is 67.2 Å². The van der Waals surface area contributed by atoms with E-state index in [9.17, 15) is 18.0 Å². The van der Waals surface area contributed by atoms with Gasteiger partial charge in [0.25, 0.3) is 5.91 Å². The summed E-state index contributed by atoms with van der Waals surface area (Å²) in [5.74, 6) is 0.552. The van der Waals surface area contributed by atoms with Gasteiger partial charge < -0.3 is 10.6 Å². The van der Waals surface area contributed by atoms with Gasteiger partial charge in [-0.1, -0.05) is 38.0 Å². The summed E-state index contributed by atoms with van der Waals surface area (Å²) in [5, 5.41) is 5.77. The van der Waals surface area contributed by atoms with Crippen LogP contribution in [0.3, 0.4) is 0 Å². The van der Waals surface area contributed by atoms with E-state index in [2.05, 4.69) is 17.6 Å². The van der Waals surface area contributed by atoms with Gasteiger partial charge in [-0.25, -0.2) is 0 Å². The third kappa shape index (κ3) is 4.20. The number of allylic oxidation sites excluding steroid dienone is 1. The van der Waals surface area contributed by atoms with Crippen LogP contribution < -0.4 is 16.4 Å². The Labute approximate surface area is 151 Å². The molecular weight excluding hydrogens is 343 g/mol. The Morgan fingerprint density at radius 2 is 1.85 bits per heavy atom. The first-order valence-corrected chi connectivity index (χ1v) is 8.96. The molecule has 0 radical (unpaired) electrons. The summed E-state index contributed by atoms with van der Waals surface area (Å²) in [5.41, 5.74) is 6.91. The first-order valence-electron chi connectivity index (χ1n) is 8.96. The van der Waals surface area contributed by atoms with E-state index in [0.29, 0.717) is 17.1 Å². The predicted octanol–water partition coefficient (Wildman–Crippen LogP) is 3.29. The van der Waals surface area contributed by atoms with Gasteiger partial charge in [0.1, 0.15) is 0 Å². The summed E-state index contributed by atoms with van der Waals surface area (Å²) in [7, 11) is 0. The lowest BCUT2D eigenvalue weighted by Gasteiger charge is -2.35. The van der Waals surface area contributed by atoms with Crippen molar-refractivity contribution < 1.29 is 18.0 Å². The fourth-order valence-electron chi connectivity index (χ4n) is 3.79. The van der Waals surface area contributed by atoms with Gasteiger partial charge in [-0.15, -0.1) is 0 Å². The number of nitrogens with one attached hydrogen (secondary N) is 2. The number of benzene rings is 1. The van der Waals surface area contributed by atoms with E-state index in [0.717, 1.165) is 43.5 Å². The molecule has 1 fully saturated rings. The Bertz CT molecular complexity index is 706. The van der Waals surface area contributed by atoms with Gasteiger partial charge in [-0.3, -0.25) is 10.5 Å². The van der Waals surface area contributed by atoms with E-state index in [-0.39, 0.29) is 18.2 Å². The fourth-order valence-corrected chi connectivity index (χ4v) is 3.79. The average molecular weight is 367 g/mol.